The first kappa shape index (κ1) is 20.3. The molecule has 3 aromatic carbocycles. The van der Waals surface area contributed by atoms with Crippen LogP contribution in [-0.2, 0) is 10.0 Å². The summed E-state index contributed by atoms with van der Waals surface area (Å²) < 4.78 is 33.7. The Morgan fingerprint density at radius 2 is 1.59 bits per heavy atom. The number of hydrogen-bond acceptors (Lipinski definition) is 4. The summed E-state index contributed by atoms with van der Waals surface area (Å²) in [6, 6.07) is 16.0. The highest BCUT2D eigenvalue weighted by molar-refractivity contribution is 7.89. The van der Waals surface area contributed by atoms with Crippen LogP contribution in [0.25, 0.3) is 10.8 Å². The van der Waals surface area contributed by atoms with Crippen molar-refractivity contribution in [3.05, 3.63) is 64.6 Å². The first-order valence-electron chi connectivity index (χ1n) is 9.17. The van der Waals surface area contributed by atoms with Crippen LogP contribution in [0.15, 0.2) is 59.5 Å². The summed E-state index contributed by atoms with van der Waals surface area (Å²) in [5.74, 6) is 0.653. The largest absolute Gasteiger partial charge is 0.496 e. The second-order valence-corrected chi connectivity index (χ2v) is 9.55. The van der Waals surface area contributed by atoms with Gasteiger partial charge in [0, 0.05) is 42.0 Å². The number of rotatable bonds is 4. The van der Waals surface area contributed by atoms with E-state index in [0.29, 0.717) is 52.3 Å². The molecule has 0 atom stereocenters. The molecule has 1 aliphatic heterocycles. The van der Waals surface area contributed by atoms with Crippen LogP contribution in [0.2, 0.25) is 10.0 Å². The molecule has 1 heterocycles. The lowest BCUT2D eigenvalue weighted by atomic mass is 10.1. The number of piperazine rings is 1. The topological polar surface area (TPSA) is 49.9 Å². The van der Waals surface area contributed by atoms with Crippen molar-refractivity contribution in [2.24, 2.45) is 0 Å². The van der Waals surface area contributed by atoms with Crippen LogP contribution in [0.4, 0.5) is 5.69 Å². The van der Waals surface area contributed by atoms with Crippen LogP contribution in [0.3, 0.4) is 0 Å². The lowest BCUT2D eigenvalue weighted by Crippen LogP contribution is -2.48. The minimum absolute atomic E-state index is 0.295. The number of hydrogen-bond donors (Lipinski definition) is 0. The summed E-state index contributed by atoms with van der Waals surface area (Å²) in [4.78, 5) is 2.36. The highest BCUT2D eigenvalue weighted by Gasteiger charge is 2.30. The normalized spacial score (nSPS) is 15.6. The first-order chi connectivity index (χ1) is 13.9. The number of anilines is 1. The van der Waals surface area contributed by atoms with E-state index in [1.54, 1.807) is 31.4 Å². The standard InChI is InChI=1S/C21H20Cl2N2O3S/c1-28-20-8-9-21(17-5-3-2-4-16(17)20)29(26,27)25-12-10-24(11-13-25)19-14-15(22)6-7-18(19)23/h2-9,14H,10-13H2,1H3. The molecule has 0 radical (unpaired) electrons. The highest BCUT2D eigenvalue weighted by Crippen LogP contribution is 2.34. The Labute approximate surface area is 180 Å². The SMILES string of the molecule is COc1ccc(S(=O)(=O)N2CCN(c3cc(Cl)ccc3Cl)CC2)c2ccccc12. The van der Waals surface area contributed by atoms with E-state index in [2.05, 4.69) is 4.90 Å². The predicted octanol–water partition coefficient (Wildman–Crippen LogP) is 4.67. The molecule has 152 valence electrons. The van der Waals surface area contributed by atoms with Gasteiger partial charge in [0.15, 0.2) is 0 Å². The average Bonchev–Trinajstić information content (AvgIpc) is 2.74. The number of methoxy groups -OCH3 is 1. The summed E-state index contributed by atoms with van der Waals surface area (Å²) >= 11 is 12.4. The van der Waals surface area contributed by atoms with Crippen LogP contribution in [0.1, 0.15) is 0 Å². The average molecular weight is 451 g/mol. The van der Waals surface area contributed by atoms with Crippen molar-refractivity contribution in [2.75, 3.05) is 38.2 Å². The molecule has 1 fully saturated rings. The number of ether oxygens (including phenoxy) is 1. The highest BCUT2D eigenvalue weighted by atomic mass is 35.5. The molecule has 0 aliphatic carbocycles. The second-order valence-electron chi connectivity index (χ2n) is 6.80. The quantitative estimate of drug-likeness (QED) is 0.579. The lowest BCUT2D eigenvalue weighted by molar-refractivity contribution is 0.385. The maximum Gasteiger partial charge on any atom is 0.243 e. The monoisotopic (exact) mass is 450 g/mol. The fourth-order valence-electron chi connectivity index (χ4n) is 3.68. The van der Waals surface area contributed by atoms with E-state index in [-0.39, 0.29) is 0 Å². The van der Waals surface area contributed by atoms with Gasteiger partial charge < -0.3 is 9.64 Å². The van der Waals surface area contributed by atoms with Crippen LogP contribution in [0, 0.1) is 0 Å². The fourth-order valence-corrected chi connectivity index (χ4v) is 5.70. The van der Waals surface area contributed by atoms with E-state index in [1.165, 1.54) is 4.31 Å². The van der Waals surface area contributed by atoms with Gasteiger partial charge in [0.05, 0.1) is 22.7 Å². The third kappa shape index (κ3) is 3.78. The summed E-state index contributed by atoms with van der Waals surface area (Å²) in [7, 11) is -2.07. The van der Waals surface area contributed by atoms with Gasteiger partial charge in [-0.25, -0.2) is 8.42 Å². The van der Waals surface area contributed by atoms with E-state index in [1.807, 2.05) is 30.3 Å². The molecule has 0 N–H and O–H groups in total. The predicted molar refractivity (Wildman–Crippen MR) is 118 cm³/mol. The third-order valence-electron chi connectivity index (χ3n) is 5.17. The first-order valence-corrected chi connectivity index (χ1v) is 11.4. The lowest BCUT2D eigenvalue weighted by Gasteiger charge is -2.36. The number of sulfonamides is 1. The van der Waals surface area contributed by atoms with Crippen LogP contribution < -0.4 is 9.64 Å². The van der Waals surface area contributed by atoms with E-state index >= 15 is 0 Å². The Morgan fingerprint density at radius 3 is 2.28 bits per heavy atom. The molecule has 0 aromatic heterocycles. The zero-order valence-electron chi connectivity index (χ0n) is 15.8. The molecule has 0 unspecified atom stereocenters. The van der Waals surface area contributed by atoms with Crippen molar-refractivity contribution in [1.82, 2.24) is 4.31 Å². The number of fused-ring (bicyclic) bond motifs is 1. The van der Waals surface area contributed by atoms with Gasteiger partial charge in [-0.3, -0.25) is 0 Å². The fraction of sp³-hybridized carbons (Fsp3) is 0.238. The van der Waals surface area contributed by atoms with Gasteiger partial charge in [-0.15, -0.1) is 0 Å². The Hall–Kier alpha value is -1.99. The van der Waals surface area contributed by atoms with Crippen molar-refractivity contribution in [1.29, 1.82) is 0 Å². The Morgan fingerprint density at radius 1 is 0.897 bits per heavy atom. The number of benzene rings is 3. The van der Waals surface area contributed by atoms with Gasteiger partial charge in [0.1, 0.15) is 5.75 Å². The summed E-state index contributed by atoms with van der Waals surface area (Å²) in [6.45, 7) is 1.80. The van der Waals surface area contributed by atoms with Gasteiger partial charge in [0.2, 0.25) is 10.0 Å². The molecule has 1 saturated heterocycles. The van der Waals surface area contributed by atoms with Crippen LogP contribution >= 0.6 is 23.2 Å². The van der Waals surface area contributed by atoms with Crippen molar-refractivity contribution >= 4 is 49.7 Å². The molecule has 4 rings (SSSR count). The summed E-state index contributed by atoms with van der Waals surface area (Å²) in [5.41, 5.74) is 0.825. The number of nitrogens with zero attached hydrogens (tertiary/aromatic N) is 2. The second kappa shape index (κ2) is 8.03. The molecule has 1 aliphatic rings. The zero-order chi connectivity index (χ0) is 20.6. The third-order valence-corrected chi connectivity index (χ3v) is 7.68. The Kier molecular flexibility index (Phi) is 5.62. The molecule has 5 nitrogen and oxygen atoms in total. The molecule has 8 heteroatoms. The van der Waals surface area contributed by atoms with E-state index < -0.39 is 10.0 Å². The van der Waals surface area contributed by atoms with Crippen molar-refractivity contribution < 1.29 is 13.2 Å². The number of halogens is 2. The van der Waals surface area contributed by atoms with E-state index in [9.17, 15) is 8.42 Å². The van der Waals surface area contributed by atoms with Gasteiger partial charge in [0.25, 0.3) is 0 Å². The van der Waals surface area contributed by atoms with Crippen molar-refractivity contribution in [3.8, 4) is 5.75 Å². The summed E-state index contributed by atoms with van der Waals surface area (Å²) in [5, 5.41) is 2.64. The minimum atomic E-state index is -3.65. The molecule has 3 aromatic rings. The molecule has 0 amide bonds. The zero-order valence-corrected chi connectivity index (χ0v) is 18.1. The van der Waals surface area contributed by atoms with Gasteiger partial charge in [-0.1, -0.05) is 47.5 Å². The molecule has 0 spiro atoms. The van der Waals surface area contributed by atoms with Gasteiger partial charge in [-0.2, -0.15) is 4.31 Å². The van der Waals surface area contributed by atoms with Crippen molar-refractivity contribution in [3.63, 3.8) is 0 Å². The molecule has 0 saturated carbocycles. The molecule has 29 heavy (non-hydrogen) atoms. The maximum atomic E-state index is 13.4. The summed E-state index contributed by atoms with van der Waals surface area (Å²) in [6.07, 6.45) is 0. The molecular formula is C21H20Cl2N2O3S. The van der Waals surface area contributed by atoms with E-state index in [0.717, 1.165) is 11.1 Å². The van der Waals surface area contributed by atoms with Crippen molar-refractivity contribution in [2.45, 2.75) is 4.90 Å². The van der Waals surface area contributed by atoms with Crippen LogP contribution in [-0.4, -0.2) is 46.0 Å². The molecule has 0 bridgehead atoms. The van der Waals surface area contributed by atoms with E-state index in [4.69, 9.17) is 27.9 Å². The minimum Gasteiger partial charge on any atom is -0.496 e. The van der Waals surface area contributed by atoms with Gasteiger partial charge >= 0.3 is 0 Å². The Balaban J connectivity index is 1.62. The maximum absolute atomic E-state index is 13.4. The van der Waals surface area contributed by atoms with Gasteiger partial charge in [-0.05, 0) is 30.3 Å². The smallest absolute Gasteiger partial charge is 0.243 e. The molecular weight excluding hydrogens is 431 g/mol. The Bertz CT molecular complexity index is 1160. The van der Waals surface area contributed by atoms with Crippen LogP contribution in [0.5, 0.6) is 5.75 Å².